The average molecular weight is 251 g/mol. The Morgan fingerprint density at radius 2 is 1.53 bits per heavy atom. The van der Waals surface area contributed by atoms with Crippen LogP contribution in [0, 0.1) is 6.92 Å². The minimum absolute atomic E-state index is 0.279. The highest BCUT2D eigenvalue weighted by molar-refractivity contribution is 5.50. The number of hydrogen-bond donors (Lipinski definition) is 1. The molecule has 0 saturated carbocycles. The van der Waals surface area contributed by atoms with Gasteiger partial charge in [0.05, 0.1) is 0 Å². The van der Waals surface area contributed by atoms with Crippen LogP contribution in [0.15, 0.2) is 18.2 Å². The van der Waals surface area contributed by atoms with Gasteiger partial charge in [-0.25, -0.2) is 0 Å². The fourth-order valence-corrected chi connectivity index (χ4v) is 0.816. The molecule has 0 radical (unpaired) electrons. The van der Waals surface area contributed by atoms with E-state index >= 15 is 0 Å². The molecule has 17 heavy (non-hydrogen) atoms. The molecule has 0 bridgehead atoms. The topological polar surface area (TPSA) is 35.2 Å². The zero-order chi connectivity index (χ0) is 14.1. The Kier molecular flexibility index (Phi) is 9.23. The molecular formula is C12H20F3NO. The fraction of sp³-hybridized carbons (Fsp3) is 0.500. The Morgan fingerprint density at radius 3 is 1.88 bits per heavy atom. The number of aryl methyl sites for hydroxylation is 1. The molecule has 0 unspecified atom stereocenters. The molecule has 0 saturated heterocycles. The van der Waals surface area contributed by atoms with E-state index in [4.69, 9.17) is 5.73 Å². The number of hydrogen-bond acceptors (Lipinski definition) is 2. The van der Waals surface area contributed by atoms with Gasteiger partial charge >= 0.3 is 6.36 Å². The molecule has 1 rings (SSSR count). The summed E-state index contributed by atoms with van der Waals surface area (Å²) in [6, 6.07) is 3.83. The van der Waals surface area contributed by atoms with Gasteiger partial charge in [0, 0.05) is 11.8 Å². The van der Waals surface area contributed by atoms with Crippen LogP contribution in [-0.2, 0) is 0 Å². The Hall–Kier alpha value is -1.39. The molecule has 0 amide bonds. The zero-order valence-corrected chi connectivity index (χ0v) is 10.9. The van der Waals surface area contributed by atoms with Crippen LogP contribution < -0.4 is 10.5 Å². The summed E-state index contributed by atoms with van der Waals surface area (Å²) < 4.78 is 38.8. The summed E-state index contributed by atoms with van der Waals surface area (Å²) in [5.74, 6) is -0.296. The minimum Gasteiger partial charge on any atom is -0.406 e. The molecule has 0 fully saturated rings. The first-order chi connectivity index (χ1) is 7.88. The lowest BCUT2D eigenvalue weighted by Gasteiger charge is -2.09. The van der Waals surface area contributed by atoms with Crippen molar-refractivity contribution >= 4 is 5.69 Å². The number of ether oxygens (including phenoxy) is 1. The van der Waals surface area contributed by atoms with Crippen LogP contribution in [0.3, 0.4) is 0 Å². The summed E-state index contributed by atoms with van der Waals surface area (Å²) in [5, 5.41) is 0. The molecule has 5 heteroatoms. The first-order valence-electron chi connectivity index (χ1n) is 5.50. The maximum absolute atomic E-state index is 11.7. The third-order valence-corrected chi connectivity index (χ3v) is 1.48. The molecule has 2 N–H and O–H groups in total. The van der Waals surface area contributed by atoms with Crippen molar-refractivity contribution in [2.24, 2.45) is 0 Å². The van der Waals surface area contributed by atoms with Crippen molar-refractivity contribution in [3.8, 4) is 5.75 Å². The highest BCUT2D eigenvalue weighted by Crippen LogP contribution is 2.25. The second-order valence-electron chi connectivity index (χ2n) is 2.57. The zero-order valence-electron chi connectivity index (χ0n) is 10.9. The van der Waals surface area contributed by atoms with E-state index in [1.54, 1.807) is 6.92 Å². The molecule has 100 valence electrons. The van der Waals surface area contributed by atoms with Crippen LogP contribution in [-0.4, -0.2) is 6.36 Å². The maximum Gasteiger partial charge on any atom is 0.573 e. The summed E-state index contributed by atoms with van der Waals surface area (Å²) in [7, 11) is 0. The Bertz CT molecular complexity index is 311. The monoisotopic (exact) mass is 251 g/mol. The van der Waals surface area contributed by atoms with Gasteiger partial charge in [-0.3, -0.25) is 0 Å². The number of alkyl halides is 3. The number of nitrogens with two attached hydrogens (primary N) is 1. The predicted molar refractivity (Wildman–Crippen MR) is 65.0 cm³/mol. The average Bonchev–Trinajstić information content (AvgIpc) is 2.27. The number of nitrogen functional groups attached to an aromatic ring is 1. The molecular weight excluding hydrogens is 231 g/mol. The first-order valence-corrected chi connectivity index (χ1v) is 5.50. The van der Waals surface area contributed by atoms with E-state index in [9.17, 15) is 13.2 Å². The van der Waals surface area contributed by atoms with E-state index in [0.717, 1.165) is 11.6 Å². The molecule has 0 heterocycles. The van der Waals surface area contributed by atoms with E-state index in [1.165, 1.54) is 12.1 Å². The second kappa shape index (κ2) is 8.73. The van der Waals surface area contributed by atoms with Crippen molar-refractivity contribution < 1.29 is 17.9 Å². The van der Waals surface area contributed by atoms with Gasteiger partial charge in [-0.2, -0.15) is 0 Å². The quantitative estimate of drug-likeness (QED) is 0.744. The maximum atomic E-state index is 11.7. The molecule has 0 aliphatic heterocycles. The lowest BCUT2D eigenvalue weighted by atomic mass is 10.2. The first kappa shape index (κ1) is 18.0. The van der Waals surface area contributed by atoms with Crippen molar-refractivity contribution in [1.29, 1.82) is 0 Å². The van der Waals surface area contributed by atoms with E-state index in [2.05, 4.69) is 4.74 Å². The molecule has 0 aliphatic rings. The molecule has 0 aromatic heterocycles. The van der Waals surface area contributed by atoms with Crippen molar-refractivity contribution in [3.63, 3.8) is 0 Å². The van der Waals surface area contributed by atoms with Crippen molar-refractivity contribution in [2.45, 2.75) is 41.0 Å². The van der Waals surface area contributed by atoms with Gasteiger partial charge in [-0.15, -0.1) is 13.2 Å². The van der Waals surface area contributed by atoms with E-state index < -0.39 is 6.36 Å². The van der Waals surface area contributed by atoms with Crippen molar-refractivity contribution in [2.75, 3.05) is 5.73 Å². The molecule has 0 atom stereocenters. The van der Waals surface area contributed by atoms with E-state index in [-0.39, 0.29) is 11.4 Å². The standard InChI is InChI=1S/C8H8F3NO.2C2H6/c1-5-2-3-6(4-7(5)12)13-8(9,10)11;2*1-2/h2-4H,12H2,1H3;2*1-2H3. The summed E-state index contributed by atoms with van der Waals surface area (Å²) in [4.78, 5) is 0. The normalized spacial score (nSPS) is 9.41. The van der Waals surface area contributed by atoms with Gasteiger partial charge in [0.2, 0.25) is 0 Å². The van der Waals surface area contributed by atoms with Crippen molar-refractivity contribution in [1.82, 2.24) is 0 Å². The van der Waals surface area contributed by atoms with Crippen LogP contribution >= 0.6 is 0 Å². The van der Waals surface area contributed by atoms with Crippen LogP contribution in [0.25, 0.3) is 0 Å². The minimum atomic E-state index is -4.66. The molecule has 0 spiro atoms. The third-order valence-electron chi connectivity index (χ3n) is 1.48. The summed E-state index contributed by atoms with van der Waals surface area (Å²) in [5.41, 5.74) is 6.39. The van der Waals surface area contributed by atoms with Gasteiger partial charge in [-0.05, 0) is 18.6 Å². The number of halogens is 3. The van der Waals surface area contributed by atoms with E-state index in [1.807, 2.05) is 27.7 Å². The Morgan fingerprint density at radius 1 is 1.06 bits per heavy atom. The smallest absolute Gasteiger partial charge is 0.406 e. The molecule has 0 aliphatic carbocycles. The number of benzene rings is 1. The predicted octanol–water partition coefficient (Wildman–Crippen LogP) is 4.53. The lowest BCUT2D eigenvalue weighted by molar-refractivity contribution is -0.274. The fourth-order valence-electron chi connectivity index (χ4n) is 0.816. The lowest BCUT2D eigenvalue weighted by Crippen LogP contribution is -2.17. The molecule has 2 nitrogen and oxygen atoms in total. The number of rotatable bonds is 1. The van der Waals surface area contributed by atoms with Crippen LogP contribution in [0.5, 0.6) is 5.75 Å². The Labute approximate surface area is 101 Å². The van der Waals surface area contributed by atoms with Gasteiger partial charge in [0.25, 0.3) is 0 Å². The SMILES string of the molecule is CC.CC.Cc1ccc(OC(F)(F)F)cc1N. The van der Waals surface area contributed by atoms with Gasteiger partial charge in [0.15, 0.2) is 0 Å². The largest absolute Gasteiger partial charge is 0.573 e. The third kappa shape index (κ3) is 8.42. The van der Waals surface area contributed by atoms with E-state index in [0.29, 0.717) is 0 Å². The summed E-state index contributed by atoms with van der Waals surface area (Å²) >= 11 is 0. The van der Waals surface area contributed by atoms with Crippen LogP contribution in [0.1, 0.15) is 33.3 Å². The number of anilines is 1. The molecule has 1 aromatic carbocycles. The van der Waals surface area contributed by atoms with Crippen molar-refractivity contribution in [3.05, 3.63) is 23.8 Å². The van der Waals surface area contributed by atoms with Gasteiger partial charge in [-0.1, -0.05) is 33.8 Å². The van der Waals surface area contributed by atoms with Gasteiger partial charge < -0.3 is 10.5 Å². The van der Waals surface area contributed by atoms with Gasteiger partial charge in [0.1, 0.15) is 5.75 Å². The highest BCUT2D eigenvalue weighted by atomic mass is 19.4. The summed E-state index contributed by atoms with van der Waals surface area (Å²) in [6.07, 6.45) is -4.66. The van der Waals surface area contributed by atoms with Crippen LogP contribution in [0.4, 0.5) is 18.9 Å². The van der Waals surface area contributed by atoms with Crippen LogP contribution in [0.2, 0.25) is 0 Å². The second-order valence-corrected chi connectivity index (χ2v) is 2.57. The summed E-state index contributed by atoms with van der Waals surface area (Å²) in [6.45, 7) is 9.70. The Balaban J connectivity index is 0. The molecule has 1 aromatic rings. The highest BCUT2D eigenvalue weighted by Gasteiger charge is 2.31.